The minimum atomic E-state index is -0.0465. The van der Waals surface area contributed by atoms with Crippen molar-refractivity contribution >= 4 is 45.0 Å². The van der Waals surface area contributed by atoms with Gasteiger partial charge in [-0.25, -0.2) is 15.0 Å². The predicted molar refractivity (Wildman–Crippen MR) is 158 cm³/mol. The van der Waals surface area contributed by atoms with Crippen molar-refractivity contribution in [2.24, 2.45) is 7.05 Å². The highest BCUT2D eigenvalue weighted by Gasteiger charge is 2.35. The summed E-state index contributed by atoms with van der Waals surface area (Å²) in [6.45, 7) is 8.06. The molecule has 206 valence electrons. The summed E-state index contributed by atoms with van der Waals surface area (Å²) in [5.74, 6) is 2.87. The highest BCUT2D eigenvalue weighted by atomic mass is 16.5. The number of nitrogens with zero attached hydrogens (tertiary/aromatic N) is 6. The molecule has 0 saturated carbocycles. The molecule has 3 aromatic carbocycles. The lowest BCUT2D eigenvalue weighted by Gasteiger charge is -2.45. The molecule has 1 atom stereocenters. The highest BCUT2D eigenvalue weighted by molar-refractivity contribution is 6.00. The van der Waals surface area contributed by atoms with Crippen LogP contribution in [0.4, 0.5) is 17.2 Å². The number of piperazine rings is 1. The third-order valence-corrected chi connectivity index (χ3v) is 7.80. The molecule has 41 heavy (non-hydrogen) atoms. The Morgan fingerprint density at radius 2 is 2.00 bits per heavy atom. The van der Waals surface area contributed by atoms with Crippen LogP contribution >= 0.6 is 0 Å². The van der Waals surface area contributed by atoms with Gasteiger partial charge in [0.2, 0.25) is 5.91 Å². The lowest BCUT2D eigenvalue weighted by Crippen LogP contribution is -2.58. The number of imidazole rings is 1. The Balaban J connectivity index is 1.16. The van der Waals surface area contributed by atoms with Crippen LogP contribution < -0.4 is 19.7 Å². The second kappa shape index (κ2) is 9.81. The Morgan fingerprint density at radius 1 is 1.10 bits per heavy atom. The number of aryl methyl sites for hydroxylation is 2. The first kappa shape index (κ1) is 24.9. The summed E-state index contributed by atoms with van der Waals surface area (Å²) >= 11 is 0. The molecule has 0 radical (unpaired) electrons. The van der Waals surface area contributed by atoms with Crippen molar-refractivity contribution in [3.05, 3.63) is 79.4 Å². The van der Waals surface area contributed by atoms with Crippen LogP contribution in [-0.4, -0.2) is 62.6 Å². The van der Waals surface area contributed by atoms with Gasteiger partial charge in [-0.15, -0.1) is 0 Å². The maximum atomic E-state index is 12.2. The van der Waals surface area contributed by atoms with E-state index in [1.807, 2.05) is 72.0 Å². The maximum absolute atomic E-state index is 12.2. The van der Waals surface area contributed by atoms with Gasteiger partial charge in [-0.1, -0.05) is 6.58 Å². The predicted octanol–water partition coefficient (Wildman–Crippen LogP) is 4.96. The van der Waals surface area contributed by atoms with E-state index in [9.17, 15) is 4.79 Å². The van der Waals surface area contributed by atoms with Crippen LogP contribution in [0.2, 0.25) is 0 Å². The van der Waals surface area contributed by atoms with E-state index in [4.69, 9.17) is 9.47 Å². The second-order valence-electron chi connectivity index (χ2n) is 10.4. The zero-order valence-corrected chi connectivity index (χ0v) is 22.9. The van der Waals surface area contributed by atoms with Crippen molar-refractivity contribution < 1.29 is 14.3 Å². The van der Waals surface area contributed by atoms with Crippen molar-refractivity contribution in [2.45, 2.75) is 13.0 Å². The Labute approximate surface area is 236 Å². The van der Waals surface area contributed by atoms with Gasteiger partial charge in [-0.05, 0) is 61.0 Å². The summed E-state index contributed by atoms with van der Waals surface area (Å²) in [4.78, 5) is 29.8. The summed E-state index contributed by atoms with van der Waals surface area (Å²) in [6.07, 6.45) is 4.72. The summed E-state index contributed by atoms with van der Waals surface area (Å²) in [5, 5.41) is 4.30. The van der Waals surface area contributed by atoms with E-state index in [0.29, 0.717) is 25.5 Å². The number of fused-ring (bicyclic) bond motifs is 6. The molecule has 10 nitrogen and oxygen atoms in total. The standard InChI is InChI=1S/C31H29N7O3/c1-4-28(39)37-11-12-38-21(15-37)16-40-30-26(38)9-7-23-29(30)31(33-17-32-23)35-20-5-10-27(19(2)13-20)41-22-6-8-25-24(14-22)34-18-36(25)3/h4-10,13-14,17-18,21H,1,11-12,15-16H2,2-3H3,(H,32,33,35)/t21-/m0/s1. The highest BCUT2D eigenvalue weighted by Crippen LogP contribution is 2.43. The average molecular weight is 548 g/mol. The fourth-order valence-electron chi connectivity index (χ4n) is 5.69. The monoisotopic (exact) mass is 547 g/mol. The molecule has 0 unspecified atom stereocenters. The van der Waals surface area contributed by atoms with Crippen molar-refractivity contribution in [3.63, 3.8) is 0 Å². The van der Waals surface area contributed by atoms with Crippen LogP contribution in [0.25, 0.3) is 21.9 Å². The minimum Gasteiger partial charge on any atom is -0.488 e. The van der Waals surface area contributed by atoms with Gasteiger partial charge in [0.05, 0.1) is 40.0 Å². The Kier molecular flexibility index (Phi) is 5.96. The molecular formula is C31H29N7O3. The lowest BCUT2D eigenvalue weighted by atomic mass is 10.1. The number of carbonyl (C=O) groups excluding carboxylic acids is 1. The van der Waals surface area contributed by atoms with E-state index in [0.717, 1.165) is 62.7 Å². The molecule has 4 heterocycles. The molecule has 2 aliphatic heterocycles. The van der Waals surface area contributed by atoms with E-state index in [1.54, 1.807) is 12.7 Å². The number of nitrogens with one attached hydrogen (secondary N) is 1. The van der Waals surface area contributed by atoms with E-state index in [-0.39, 0.29) is 11.9 Å². The van der Waals surface area contributed by atoms with Gasteiger partial charge >= 0.3 is 0 Å². The van der Waals surface area contributed by atoms with Gasteiger partial charge in [0, 0.05) is 38.4 Å². The quantitative estimate of drug-likeness (QED) is 0.309. The first-order valence-electron chi connectivity index (χ1n) is 13.5. The van der Waals surface area contributed by atoms with E-state index < -0.39 is 0 Å². The van der Waals surface area contributed by atoms with Crippen LogP contribution in [0, 0.1) is 6.92 Å². The topological polar surface area (TPSA) is 97.6 Å². The summed E-state index contributed by atoms with van der Waals surface area (Å²) in [7, 11) is 1.97. The Bertz CT molecular complexity index is 1830. The van der Waals surface area contributed by atoms with Crippen molar-refractivity contribution in [3.8, 4) is 17.2 Å². The van der Waals surface area contributed by atoms with Gasteiger partial charge in [0.25, 0.3) is 0 Å². The second-order valence-corrected chi connectivity index (χ2v) is 10.4. The average Bonchev–Trinajstić information content (AvgIpc) is 3.37. The van der Waals surface area contributed by atoms with Crippen LogP contribution in [0.3, 0.4) is 0 Å². The zero-order chi connectivity index (χ0) is 28.1. The fraction of sp³-hybridized carbons (Fsp3) is 0.226. The maximum Gasteiger partial charge on any atom is 0.246 e. The number of rotatable bonds is 5. The van der Waals surface area contributed by atoms with E-state index in [2.05, 4.69) is 31.7 Å². The van der Waals surface area contributed by atoms with Gasteiger partial charge in [-0.3, -0.25) is 4.79 Å². The number of benzene rings is 3. The van der Waals surface area contributed by atoms with Crippen molar-refractivity contribution in [2.75, 3.05) is 36.5 Å². The minimum absolute atomic E-state index is 0.0465. The van der Waals surface area contributed by atoms with Crippen LogP contribution in [0.15, 0.2) is 73.8 Å². The van der Waals surface area contributed by atoms with E-state index >= 15 is 0 Å². The van der Waals surface area contributed by atoms with Crippen molar-refractivity contribution in [1.29, 1.82) is 0 Å². The third kappa shape index (κ3) is 4.37. The fourth-order valence-corrected chi connectivity index (χ4v) is 5.69. The molecule has 10 heteroatoms. The number of ether oxygens (including phenoxy) is 2. The number of amides is 1. The molecule has 0 spiro atoms. The number of hydrogen-bond donors (Lipinski definition) is 1. The SMILES string of the molecule is C=CC(=O)N1CCN2c3ccc4ncnc(Nc5ccc(Oc6ccc7c(c6)ncn7C)c(C)c5)c4c3OC[C@@H]2C1. The zero-order valence-electron chi connectivity index (χ0n) is 22.9. The molecule has 1 saturated heterocycles. The van der Waals surface area contributed by atoms with Crippen LogP contribution in [0.1, 0.15) is 5.56 Å². The Morgan fingerprint density at radius 3 is 2.85 bits per heavy atom. The molecule has 5 aromatic rings. The molecule has 1 amide bonds. The van der Waals surface area contributed by atoms with Crippen molar-refractivity contribution in [1.82, 2.24) is 24.4 Å². The largest absolute Gasteiger partial charge is 0.488 e. The number of anilines is 3. The molecule has 2 aromatic heterocycles. The Hall–Kier alpha value is -5.12. The first-order valence-corrected chi connectivity index (χ1v) is 13.5. The normalized spacial score (nSPS) is 16.2. The van der Waals surface area contributed by atoms with Gasteiger partial charge < -0.3 is 29.2 Å². The van der Waals surface area contributed by atoms with Gasteiger partial charge in [0.15, 0.2) is 5.75 Å². The number of hydrogen-bond acceptors (Lipinski definition) is 8. The van der Waals surface area contributed by atoms with Gasteiger partial charge in [-0.2, -0.15) is 0 Å². The smallest absolute Gasteiger partial charge is 0.246 e. The van der Waals surface area contributed by atoms with Crippen LogP contribution in [-0.2, 0) is 11.8 Å². The lowest BCUT2D eigenvalue weighted by molar-refractivity contribution is -0.127. The summed E-state index contributed by atoms with van der Waals surface area (Å²) < 4.78 is 14.5. The van der Waals surface area contributed by atoms with E-state index in [1.165, 1.54) is 6.08 Å². The van der Waals surface area contributed by atoms with Crippen LogP contribution in [0.5, 0.6) is 17.2 Å². The third-order valence-electron chi connectivity index (χ3n) is 7.80. The van der Waals surface area contributed by atoms with Gasteiger partial charge in [0.1, 0.15) is 30.3 Å². The number of carbonyl (C=O) groups is 1. The molecule has 0 bridgehead atoms. The molecule has 7 rings (SSSR count). The molecular weight excluding hydrogens is 518 g/mol. The number of aromatic nitrogens is 4. The molecule has 0 aliphatic carbocycles. The molecule has 1 fully saturated rings. The molecule has 2 aliphatic rings. The molecule has 1 N–H and O–H groups in total. The summed E-state index contributed by atoms with van der Waals surface area (Å²) in [6, 6.07) is 16.0. The first-order chi connectivity index (χ1) is 20.0. The summed E-state index contributed by atoms with van der Waals surface area (Å²) in [5.41, 5.74) is 5.57.